The Hall–Kier alpha value is -3.52. The van der Waals surface area contributed by atoms with Gasteiger partial charge in [0.05, 0.1) is 20.3 Å². The minimum absolute atomic E-state index is 0.107. The zero-order valence-corrected chi connectivity index (χ0v) is 18.4. The minimum atomic E-state index is -0.396. The molecule has 0 bridgehead atoms. The fraction of sp³-hybridized carbons (Fsp3) is 0.333. The predicted octanol–water partition coefficient (Wildman–Crippen LogP) is 3.77. The Morgan fingerprint density at radius 3 is 2.62 bits per heavy atom. The number of para-hydroxylation sites is 1. The van der Waals surface area contributed by atoms with Crippen molar-refractivity contribution in [1.82, 2.24) is 15.1 Å². The largest absolute Gasteiger partial charge is 0.507 e. The average Bonchev–Trinajstić information content (AvgIpc) is 3.35. The number of hydrogen-bond donors (Lipinski definition) is 2. The van der Waals surface area contributed by atoms with E-state index in [1.165, 1.54) is 0 Å². The maximum atomic E-state index is 13.3. The topological polar surface area (TPSA) is 96.9 Å². The SMILES string of the molecule is CCOCCCN1C(=O)c2[nH]nc(-c3ccccc3O)c2[C@@H]1c1ccc(OC)c(OC)c1. The number of nitrogens with zero attached hydrogens (tertiary/aromatic N) is 2. The summed E-state index contributed by atoms with van der Waals surface area (Å²) in [4.78, 5) is 15.2. The first-order valence-corrected chi connectivity index (χ1v) is 10.6. The number of methoxy groups -OCH3 is 2. The predicted molar refractivity (Wildman–Crippen MR) is 119 cm³/mol. The van der Waals surface area contributed by atoms with Crippen LogP contribution in [0.15, 0.2) is 42.5 Å². The van der Waals surface area contributed by atoms with Gasteiger partial charge in [-0.1, -0.05) is 18.2 Å². The molecule has 168 valence electrons. The number of carbonyl (C=O) groups excluding carboxylic acids is 1. The van der Waals surface area contributed by atoms with Crippen molar-refractivity contribution in [2.75, 3.05) is 34.0 Å². The van der Waals surface area contributed by atoms with Crippen LogP contribution >= 0.6 is 0 Å². The molecule has 2 heterocycles. The summed E-state index contributed by atoms with van der Waals surface area (Å²) in [6.45, 7) is 3.66. The van der Waals surface area contributed by atoms with Crippen LogP contribution in [-0.2, 0) is 4.74 Å². The quantitative estimate of drug-likeness (QED) is 0.495. The summed E-state index contributed by atoms with van der Waals surface area (Å²) in [5.41, 5.74) is 3.15. The molecule has 0 spiro atoms. The van der Waals surface area contributed by atoms with Crippen LogP contribution in [0.1, 0.15) is 41.0 Å². The summed E-state index contributed by atoms with van der Waals surface area (Å²) in [7, 11) is 3.17. The van der Waals surface area contributed by atoms with Crippen LogP contribution in [0.5, 0.6) is 17.2 Å². The van der Waals surface area contributed by atoms with Crippen molar-refractivity contribution in [2.45, 2.75) is 19.4 Å². The normalized spacial score (nSPS) is 15.2. The van der Waals surface area contributed by atoms with Crippen molar-refractivity contribution in [3.05, 3.63) is 59.3 Å². The summed E-state index contributed by atoms with van der Waals surface area (Å²) in [5, 5.41) is 17.8. The van der Waals surface area contributed by atoms with E-state index < -0.39 is 6.04 Å². The molecule has 8 nitrogen and oxygen atoms in total. The lowest BCUT2D eigenvalue weighted by molar-refractivity contribution is 0.0710. The molecule has 4 rings (SSSR count). The third-order valence-electron chi connectivity index (χ3n) is 5.64. The second-order valence-corrected chi connectivity index (χ2v) is 7.44. The molecule has 0 radical (unpaired) electrons. The molecule has 1 amide bonds. The van der Waals surface area contributed by atoms with Crippen molar-refractivity contribution in [1.29, 1.82) is 0 Å². The van der Waals surface area contributed by atoms with E-state index in [4.69, 9.17) is 14.2 Å². The summed E-state index contributed by atoms with van der Waals surface area (Å²) >= 11 is 0. The Morgan fingerprint density at radius 2 is 1.91 bits per heavy atom. The average molecular weight is 437 g/mol. The smallest absolute Gasteiger partial charge is 0.273 e. The number of aromatic hydroxyl groups is 1. The van der Waals surface area contributed by atoms with Gasteiger partial charge in [0.2, 0.25) is 0 Å². The van der Waals surface area contributed by atoms with Crippen molar-refractivity contribution in [3.8, 4) is 28.5 Å². The molecule has 1 aliphatic rings. The number of fused-ring (bicyclic) bond motifs is 1. The minimum Gasteiger partial charge on any atom is -0.507 e. The molecule has 0 saturated carbocycles. The molecule has 1 aromatic heterocycles. The Kier molecular flexibility index (Phi) is 6.32. The van der Waals surface area contributed by atoms with Gasteiger partial charge in [0.1, 0.15) is 17.1 Å². The maximum Gasteiger partial charge on any atom is 0.273 e. The molecule has 0 unspecified atom stereocenters. The highest BCUT2D eigenvalue weighted by molar-refractivity contribution is 6.00. The number of rotatable bonds is 9. The molecular weight excluding hydrogens is 410 g/mol. The highest BCUT2D eigenvalue weighted by Crippen LogP contribution is 2.45. The number of carbonyl (C=O) groups is 1. The van der Waals surface area contributed by atoms with E-state index in [1.807, 2.05) is 36.1 Å². The van der Waals surface area contributed by atoms with E-state index in [-0.39, 0.29) is 11.7 Å². The second kappa shape index (κ2) is 9.32. The van der Waals surface area contributed by atoms with Crippen molar-refractivity contribution < 1.29 is 24.1 Å². The third kappa shape index (κ3) is 3.78. The van der Waals surface area contributed by atoms with E-state index >= 15 is 0 Å². The van der Waals surface area contributed by atoms with Crippen molar-refractivity contribution >= 4 is 5.91 Å². The van der Waals surface area contributed by atoms with E-state index in [0.717, 1.165) is 11.1 Å². The van der Waals surface area contributed by atoms with Crippen LogP contribution in [0.2, 0.25) is 0 Å². The Balaban J connectivity index is 1.82. The van der Waals surface area contributed by atoms with Gasteiger partial charge < -0.3 is 24.2 Å². The number of H-pyrrole nitrogens is 1. The lowest BCUT2D eigenvalue weighted by Gasteiger charge is -2.27. The standard InChI is InChI=1S/C24H27N3O5/c1-4-32-13-7-12-27-23(15-10-11-18(30-2)19(14-15)31-3)20-21(25-26-22(20)24(27)29)16-8-5-6-9-17(16)28/h5-6,8-11,14,23,28H,4,7,12-13H2,1-3H3,(H,25,26)/t23-/m0/s1. The molecular formula is C24H27N3O5. The van der Waals surface area contributed by atoms with Gasteiger partial charge in [-0.25, -0.2) is 0 Å². The van der Waals surface area contributed by atoms with Crippen LogP contribution < -0.4 is 9.47 Å². The number of amides is 1. The van der Waals surface area contributed by atoms with Crippen molar-refractivity contribution in [3.63, 3.8) is 0 Å². The maximum absolute atomic E-state index is 13.3. The number of benzene rings is 2. The molecule has 0 aliphatic carbocycles. The van der Waals surface area contributed by atoms with Gasteiger partial charge in [-0.3, -0.25) is 9.89 Å². The van der Waals surface area contributed by atoms with Crippen LogP contribution in [-0.4, -0.2) is 60.1 Å². The number of hydrogen-bond acceptors (Lipinski definition) is 6. The van der Waals surface area contributed by atoms with Gasteiger partial charge in [0, 0.05) is 30.9 Å². The number of phenolic OH excluding ortho intramolecular Hbond substituents is 1. The molecule has 1 atom stereocenters. The summed E-state index contributed by atoms with van der Waals surface area (Å²) in [5.74, 6) is 1.16. The number of aromatic amines is 1. The highest BCUT2D eigenvalue weighted by Gasteiger charge is 2.42. The highest BCUT2D eigenvalue weighted by atomic mass is 16.5. The van der Waals surface area contributed by atoms with E-state index in [1.54, 1.807) is 32.4 Å². The van der Waals surface area contributed by atoms with Crippen LogP contribution in [0.3, 0.4) is 0 Å². The summed E-state index contributed by atoms with van der Waals surface area (Å²) in [6, 6.07) is 12.2. The Bertz CT molecular complexity index is 1110. The molecule has 8 heteroatoms. The molecule has 1 aliphatic heterocycles. The molecule has 32 heavy (non-hydrogen) atoms. The van der Waals surface area contributed by atoms with E-state index in [9.17, 15) is 9.90 Å². The van der Waals surface area contributed by atoms with Crippen LogP contribution in [0.25, 0.3) is 11.3 Å². The number of phenols is 1. The monoisotopic (exact) mass is 437 g/mol. The molecule has 0 fully saturated rings. The van der Waals surface area contributed by atoms with Crippen molar-refractivity contribution in [2.24, 2.45) is 0 Å². The van der Waals surface area contributed by atoms with Crippen LogP contribution in [0.4, 0.5) is 0 Å². The van der Waals surface area contributed by atoms with Gasteiger partial charge in [-0.15, -0.1) is 0 Å². The zero-order valence-electron chi connectivity index (χ0n) is 18.4. The van der Waals surface area contributed by atoms with Gasteiger partial charge in [0.15, 0.2) is 11.5 Å². The van der Waals surface area contributed by atoms with Gasteiger partial charge in [-0.05, 0) is 43.2 Å². The summed E-state index contributed by atoms with van der Waals surface area (Å²) in [6.07, 6.45) is 0.701. The third-order valence-corrected chi connectivity index (χ3v) is 5.64. The summed E-state index contributed by atoms with van der Waals surface area (Å²) < 4.78 is 16.4. The molecule has 3 aromatic rings. The zero-order chi connectivity index (χ0) is 22.7. The fourth-order valence-electron chi connectivity index (χ4n) is 4.16. The number of ether oxygens (including phenoxy) is 3. The fourth-order valence-corrected chi connectivity index (χ4v) is 4.16. The lowest BCUT2D eigenvalue weighted by atomic mass is 9.95. The number of aromatic nitrogens is 2. The lowest BCUT2D eigenvalue weighted by Crippen LogP contribution is -2.31. The van der Waals surface area contributed by atoms with Gasteiger partial charge >= 0.3 is 0 Å². The molecule has 2 N–H and O–H groups in total. The first-order chi connectivity index (χ1) is 15.6. The number of nitrogens with one attached hydrogen (secondary N) is 1. The Labute approximate surface area is 186 Å². The van der Waals surface area contributed by atoms with E-state index in [2.05, 4.69) is 10.2 Å². The first-order valence-electron chi connectivity index (χ1n) is 10.6. The molecule has 0 saturated heterocycles. The second-order valence-electron chi connectivity index (χ2n) is 7.44. The first kappa shape index (κ1) is 21.7. The molecule has 2 aromatic carbocycles. The van der Waals surface area contributed by atoms with E-state index in [0.29, 0.717) is 54.6 Å². The Morgan fingerprint density at radius 1 is 1.12 bits per heavy atom. The van der Waals surface area contributed by atoms with Gasteiger partial charge in [-0.2, -0.15) is 5.10 Å². The van der Waals surface area contributed by atoms with Gasteiger partial charge in [0.25, 0.3) is 5.91 Å². The van der Waals surface area contributed by atoms with Crippen LogP contribution in [0, 0.1) is 0 Å².